The molecule has 0 aliphatic rings. The molecule has 1 unspecified atom stereocenters. The number of hydrogen-bond acceptors (Lipinski definition) is 2. The first-order chi connectivity index (χ1) is 3.55. The van der Waals surface area contributed by atoms with E-state index >= 15 is 0 Å². The van der Waals surface area contributed by atoms with Gasteiger partial charge in [-0.1, -0.05) is 13.8 Å². The molecule has 0 saturated carbocycles. The smallest absolute Gasteiger partial charge is 0.480 e. The van der Waals surface area contributed by atoms with Crippen LogP contribution < -0.4 is 5.73 Å². The topological polar surface area (TPSA) is 63.3 Å². The zero-order chi connectivity index (χ0) is 6.73. The maximum absolute atomic E-state index is 10.0. The van der Waals surface area contributed by atoms with Crippen LogP contribution in [-0.4, -0.2) is 17.1 Å². The Balaban J connectivity index is 0. The summed E-state index contributed by atoms with van der Waals surface area (Å²) in [6.07, 6.45) is 0. The van der Waals surface area contributed by atoms with Crippen LogP contribution in [0.15, 0.2) is 0 Å². The van der Waals surface area contributed by atoms with E-state index in [0.717, 1.165) is 0 Å². The molecule has 0 amide bonds. The second kappa shape index (κ2) is 5.00. The number of hydrogen-bond donors (Lipinski definition) is 2. The summed E-state index contributed by atoms with van der Waals surface area (Å²) in [7, 11) is 0. The van der Waals surface area contributed by atoms with E-state index < -0.39 is 12.0 Å². The van der Waals surface area contributed by atoms with Gasteiger partial charge in [-0.05, 0) is 5.92 Å². The van der Waals surface area contributed by atoms with E-state index in [1.807, 2.05) is 0 Å². The average molecular weight is 225 g/mol. The van der Waals surface area contributed by atoms with Gasteiger partial charge in [0.1, 0.15) is 6.04 Å². The second-order valence-corrected chi connectivity index (χ2v) is 2.11. The predicted octanol–water partition coefficient (Wildman–Crippen LogP) is 0.0518. The van der Waals surface area contributed by atoms with Gasteiger partial charge >= 0.3 is 28.3 Å². The molecule has 0 aromatic carbocycles. The molecule has 58 valence electrons. The zero-order valence-electron chi connectivity index (χ0n) is 5.39. The SMILES string of the molecule is CC(C)C(N)C(=O)O.[Ag+]. The Labute approximate surface area is 70.1 Å². The standard InChI is InChI=1S/C5H11NO2.Ag/c1-3(2)4(6)5(7)8;/h3-4H,6H2,1-2H3,(H,7,8);/q;+1. The second-order valence-electron chi connectivity index (χ2n) is 2.11. The van der Waals surface area contributed by atoms with E-state index in [0.29, 0.717) is 0 Å². The molecule has 0 saturated heterocycles. The van der Waals surface area contributed by atoms with Gasteiger partial charge < -0.3 is 10.8 Å². The molecular formula is C5H11AgNO2+. The molecule has 0 aromatic rings. The first kappa shape index (κ1) is 11.9. The van der Waals surface area contributed by atoms with Crippen LogP contribution in [-0.2, 0) is 27.2 Å². The Kier molecular flexibility index (Phi) is 6.61. The van der Waals surface area contributed by atoms with Crippen molar-refractivity contribution in [2.75, 3.05) is 0 Å². The summed E-state index contributed by atoms with van der Waals surface area (Å²) in [4.78, 5) is 10.0. The summed E-state index contributed by atoms with van der Waals surface area (Å²) in [5.74, 6) is -0.910. The van der Waals surface area contributed by atoms with Gasteiger partial charge in [0.25, 0.3) is 0 Å². The molecule has 3 nitrogen and oxygen atoms in total. The predicted molar refractivity (Wildman–Crippen MR) is 30.4 cm³/mol. The zero-order valence-corrected chi connectivity index (χ0v) is 6.87. The van der Waals surface area contributed by atoms with Crippen molar-refractivity contribution in [3.63, 3.8) is 0 Å². The number of aliphatic carboxylic acids is 1. The molecular weight excluding hydrogens is 214 g/mol. The molecule has 4 heteroatoms. The van der Waals surface area contributed by atoms with Gasteiger partial charge in [0, 0.05) is 0 Å². The Morgan fingerprint density at radius 1 is 1.56 bits per heavy atom. The molecule has 0 aliphatic carbocycles. The van der Waals surface area contributed by atoms with Crippen molar-refractivity contribution in [3.8, 4) is 0 Å². The Hall–Kier alpha value is 0.170. The first-order valence-electron chi connectivity index (χ1n) is 2.54. The molecule has 0 aliphatic heterocycles. The molecule has 0 radical (unpaired) electrons. The molecule has 0 bridgehead atoms. The van der Waals surface area contributed by atoms with E-state index in [2.05, 4.69) is 0 Å². The van der Waals surface area contributed by atoms with Crippen molar-refractivity contribution in [1.82, 2.24) is 0 Å². The van der Waals surface area contributed by atoms with Crippen LogP contribution in [0, 0.1) is 5.92 Å². The van der Waals surface area contributed by atoms with E-state index in [1.165, 1.54) is 0 Å². The summed E-state index contributed by atoms with van der Waals surface area (Å²) in [5.41, 5.74) is 5.16. The van der Waals surface area contributed by atoms with Crippen LogP contribution in [0.4, 0.5) is 0 Å². The maximum Gasteiger partial charge on any atom is 1.00 e. The van der Waals surface area contributed by atoms with Gasteiger partial charge in [0.05, 0.1) is 0 Å². The van der Waals surface area contributed by atoms with Crippen LogP contribution in [0.25, 0.3) is 0 Å². The van der Waals surface area contributed by atoms with Crippen molar-refractivity contribution in [1.29, 1.82) is 0 Å². The van der Waals surface area contributed by atoms with Gasteiger partial charge in [-0.2, -0.15) is 0 Å². The Morgan fingerprint density at radius 2 is 1.89 bits per heavy atom. The fraction of sp³-hybridized carbons (Fsp3) is 0.800. The normalized spacial score (nSPS) is 12.4. The minimum Gasteiger partial charge on any atom is -0.480 e. The maximum atomic E-state index is 10.0. The van der Waals surface area contributed by atoms with E-state index in [4.69, 9.17) is 10.8 Å². The van der Waals surface area contributed by atoms with Crippen LogP contribution in [0.5, 0.6) is 0 Å². The van der Waals surface area contributed by atoms with Gasteiger partial charge in [-0.15, -0.1) is 0 Å². The third-order valence-corrected chi connectivity index (χ3v) is 1.00. The number of carbonyl (C=O) groups is 1. The van der Waals surface area contributed by atoms with Crippen molar-refractivity contribution in [2.24, 2.45) is 11.7 Å². The van der Waals surface area contributed by atoms with Crippen LogP contribution in [0.3, 0.4) is 0 Å². The van der Waals surface area contributed by atoms with Crippen molar-refractivity contribution in [3.05, 3.63) is 0 Å². The number of rotatable bonds is 2. The molecule has 0 heterocycles. The van der Waals surface area contributed by atoms with Crippen LogP contribution in [0.2, 0.25) is 0 Å². The number of carboxylic acid groups (broad SMARTS) is 1. The molecule has 0 spiro atoms. The van der Waals surface area contributed by atoms with Gasteiger partial charge in [0.2, 0.25) is 0 Å². The number of carboxylic acids is 1. The summed E-state index contributed by atoms with van der Waals surface area (Å²) in [6, 6.07) is -0.713. The molecule has 0 rings (SSSR count). The summed E-state index contributed by atoms with van der Waals surface area (Å²) < 4.78 is 0. The molecule has 0 aromatic heterocycles. The van der Waals surface area contributed by atoms with Crippen LogP contribution in [0.1, 0.15) is 13.8 Å². The summed E-state index contributed by atoms with van der Waals surface area (Å²) >= 11 is 0. The van der Waals surface area contributed by atoms with E-state index in [-0.39, 0.29) is 28.3 Å². The monoisotopic (exact) mass is 224 g/mol. The molecule has 3 N–H and O–H groups in total. The summed E-state index contributed by atoms with van der Waals surface area (Å²) in [6.45, 7) is 3.55. The molecule has 9 heavy (non-hydrogen) atoms. The third kappa shape index (κ3) is 4.66. The number of nitrogens with two attached hydrogens (primary N) is 1. The van der Waals surface area contributed by atoms with E-state index in [1.54, 1.807) is 13.8 Å². The fourth-order valence-electron chi connectivity index (χ4n) is 0.285. The van der Waals surface area contributed by atoms with E-state index in [9.17, 15) is 4.79 Å². The third-order valence-electron chi connectivity index (χ3n) is 1.00. The van der Waals surface area contributed by atoms with Gasteiger partial charge in [-0.3, -0.25) is 4.79 Å². The van der Waals surface area contributed by atoms with Crippen molar-refractivity contribution >= 4 is 5.97 Å². The van der Waals surface area contributed by atoms with Crippen LogP contribution >= 0.6 is 0 Å². The Bertz CT molecular complexity index is 95.0. The quantitative estimate of drug-likeness (QED) is 0.652. The Morgan fingerprint density at radius 3 is 1.89 bits per heavy atom. The first-order valence-corrected chi connectivity index (χ1v) is 2.54. The van der Waals surface area contributed by atoms with Gasteiger partial charge in [-0.25, -0.2) is 0 Å². The summed E-state index contributed by atoms with van der Waals surface area (Å²) in [5, 5.41) is 8.23. The largest absolute Gasteiger partial charge is 1.00 e. The van der Waals surface area contributed by atoms with Gasteiger partial charge in [0.15, 0.2) is 0 Å². The minimum atomic E-state index is -0.931. The van der Waals surface area contributed by atoms with Crippen molar-refractivity contribution in [2.45, 2.75) is 19.9 Å². The fourth-order valence-corrected chi connectivity index (χ4v) is 0.285. The molecule has 1 atom stereocenters. The molecule has 0 fully saturated rings. The minimum absolute atomic E-state index is 0. The average Bonchev–Trinajstić information content (AvgIpc) is 1.64. The van der Waals surface area contributed by atoms with Crippen molar-refractivity contribution < 1.29 is 32.3 Å².